The van der Waals surface area contributed by atoms with Crippen LogP contribution in [-0.4, -0.2) is 48.5 Å². The molecule has 1 N–H and O–H groups in total. The van der Waals surface area contributed by atoms with Crippen LogP contribution in [-0.2, 0) is 4.79 Å². The third kappa shape index (κ3) is 4.82. The minimum Gasteiger partial charge on any atom is -0.322 e. The van der Waals surface area contributed by atoms with Gasteiger partial charge in [0, 0.05) is 31.9 Å². The molecule has 1 aliphatic rings. The lowest BCUT2D eigenvalue weighted by Gasteiger charge is -2.39. The van der Waals surface area contributed by atoms with E-state index in [4.69, 9.17) is 46.4 Å². The molecule has 1 heterocycles. The minimum absolute atomic E-state index is 0.245. The second-order valence-electron chi connectivity index (χ2n) is 6.05. The maximum atomic E-state index is 12.5. The first-order chi connectivity index (χ1) is 13.4. The summed E-state index contributed by atoms with van der Waals surface area (Å²) in [6.07, 6.45) is 0.713. The molecule has 0 aromatic heterocycles. The largest absolute Gasteiger partial charge is 0.322 e. The number of benzene rings is 2. The molecule has 28 heavy (non-hydrogen) atoms. The van der Waals surface area contributed by atoms with Crippen LogP contribution in [0.1, 0.15) is 0 Å². The molecule has 3 rings (SSSR count). The van der Waals surface area contributed by atoms with Crippen LogP contribution >= 0.6 is 46.4 Å². The Balaban J connectivity index is 1.60. The smallest absolute Gasteiger partial charge is 0.321 e. The zero-order chi connectivity index (χ0) is 20.3. The molecular weight excluding hydrogens is 446 g/mol. The van der Waals surface area contributed by atoms with Crippen molar-refractivity contribution < 1.29 is 9.59 Å². The number of hydrogen-bond donors (Lipinski definition) is 1. The van der Waals surface area contributed by atoms with E-state index in [0.717, 1.165) is 0 Å². The van der Waals surface area contributed by atoms with Crippen molar-refractivity contribution in [2.24, 2.45) is 0 Å². The molecule has 0 unspecified atom stereocenters. The van der Waals surface area contributed by atoms with Gasteiger partial charge in [-0.1, -0.05) is 46.4 Å². The molecule has 6 nitrogen and oxygen atoms in total. The lowest BCUT2D eigenvalue weighted by Crippen LogP contribution is -2.55. The van der Waals surface area contributed by atoms with Crippen LogP contribution in [0, 0.1) is 0 Å². The molecule has 148 valence electrons. The van der Waals surface area contributed by atoms with Crippen LogP contribution in [0.25, 0.3) is 0 Å². The van der Waals surface area contributed by atoms with Crippen LogP contribution in [0.15, 0.2) is 36.4 Å². The van der Waals surface area contributed by atoms with E-state index in [1.807, 2.05) is 5.01 Å². The van der Waals surface area contributed by atoms with Gasteiger partial charge in [-0.05, 0) is 36.4 Å². The van der Waals surface area contributed by atoms with Crippen molar-refractivity contribution in [2.75, 3.05) is 36.5 Å². The van der Waals surface area contributed by atoms with Crippen LogP contribution in [0.2, 0.25) is 20.1 Å². The molecule has 0 aliphatic carbocycles. The summed E-state index contributed by atoms with van der Waals surface area (Å²) in [6, 6.07) is 9.63. The SMILES string of the molecule is O=CN(c1ccc(Cl)c(Cl)c1)N1CCN(C(=O)Nc2ccc(Cl)c(Cl)c2)CC1. The Morgan fingerprint density at radius 2 is 1.50 bits per heavy atom. The third-order valence-electron chi connectivity index (χ3n) is 4.29. The first-order valence-corrected chi connectivity index (χ1v) is 9.85. The molecule has 0 radical (unpaired) electrons. The molecule has 0 spiro atoms. The maximum Gasteiger partial charge on any atom is 0.321 e. The molecule has 10 heteroatoms. The number of hydrazine groups is 1. The van der Waals surface area contributed by atoms with Crippen molar-refractivity contribution in [1.29, 1.82) is 0 Å². The van der Waals surface area contributed by atoms with Gasteiger partial charge in [-0.15, -0.1) is 0 Å². The molecular formula is C18H16Cl4N4O2. The number of nitrogens with one attached hydrogen (secondary N) is 1. The Kier molecular flexibility index (Phi) is 6.91. The summed E-state index contributed by atoms with van der Waals surface area (Å²) in [7, 11) is 0. The number of urea groups is 1. The quantitative estimate of drug-likeness (QED) is 0.649. The molecule has 1 aliphatic heterocycles. The lowest BCUT2D eigenvalue weighted by molar-refractivity contribution is -0.110. The van der Waals surface area contributed by atoms with E-state index in [2.05, 4.69) is 5.32 Å². The van der Waals surface area contributed by atoms with Crippen molar-refractivity contribution >= 4 is 70.2 Å². The van der Waals surface area contributed by atoms with Gasteiger partial charge in [0.1, 0.15) is 0 Å². The number of halogens is 4. The minimum atomic E-state index is -0.245. The maximum absolute atomic E-state index is 12.5. The first kappa shape index (κ1) is 21.0. The molecule has 0 bridgehead atoms. The third-order valence-corrected chi connectivity index (χ3v) is 5.76. The van der Waals surface area contributed by atoms with Gasteiger partial charge in [-0.25, -0.2) is 14.8 Å². The van der Waals surface area contributed by atoms with Gasteiger partial charge in [-0.3, -0.25) is 4.79 Å². The molecule has 0 atom stereocenters. The van der Waals surface area contributed by atoms with E-state index < -0.39 is 0 Å². The Labute approximate surface area is 182 Å². The average molecular weight is 462 g/mol. The fourth-order valence-corrected chi connectivity index (χ4v) is 3.40. The molecule has 2 aromatic carbocycles. The van der Waals surface area contributed by atoms with Crippen LogP contribution in [0.3, 0.4) is 0 Å². The fourth-order valence-electron chi connectivity index (χ4n) is 2.81. The highest BCUT2D eigenvalue weighted by Gasteiger charge is 2.25. The van der Waals surface area contributed by atoms with E-state index in [-0.39, 0.29) is 6.03 Å². The van der Waals surface area contributed by atoms with Crippen molar-refractivity contribution in [1.82, 2.24) is 9.91 Å². The second-order valence-corrected chi connectivity index (χ2v) is 7.68. The summed E-state index contributed by atoms with van der Waals surface area (Å²) >= 11 is 23.8. The predicted octanol–water partition coefficient (Wildman–Crippen LogP) is 5.03. The molecule has 1 fully saturated rings. The highest BCUT2D eigenvalue weighted by atomic mass is 35.5. The van der Waals surface area contributed by atoms with E-state index in [1.165, 1.54) is 5.01 Å². The summed E-state index contributed by atoms with van der Waals surface area (Å²) in [6.45, 7) is 1.85. The molecule has 2 aromatic rings. The Morgan fingerprint density at radius 3 is 2.07 bits per heavy atom. The van der Waals surface area contributed by atoms with Gasteiger partial charge >= 0.3 is 6.03 Å². The topological polar surface area (TPSA) is 55.9 Å². The molecule has 0 saturated carbocycles. The zero-order valence-corrected chi connectivity index (χ0v) is 17.6. The highest BCUT2D eigenvalue weighted by molar-refractivity contribution is 6.42. The number of piperazine rings is 1. The van der Waals surface area contributed by atoms with Crippen molar-refractivity contribution in [3.63, 3.8) is 0 Å². The predicted molar refractivity (Wildman–Crippen MR) is 114 cm³/mol. The molecule has 1 saturated heterocycles. The number of carbonyl (C=O) groups is 2. The van der Waals surface area contributed by atoms with Crippen molar-refractivity contribution in [3.05, 3.63) is 56.5 Å². The number of carbonyl (C=O) groups excluding carboxylic acids is 2. The van der Waals surface area contributed by atoms with Crippen molar-refractivity contribution in [3.8, 4) is 0 Å². The second kappa shape index (κ2) is 9.20. The zero-order valence-electron chi connectivity index (χ0n) is 14.5. The number of rotatable bonds is 4. The van der Waals surface area contributed by atoms with Gasteiger partial charge in [-0.2, -0.15) is 0 Å². The Bertz CT molecular complexity index is 888. The van der Waals surface area contributed by atoms with Crippen LogP contribution in [0.5, 0.6) is 0 Å². The monoisotopic (exact) mass is 460 g/mol. The summed E-state index contributed by atoms with van der Waals surface area (Å²) in [4.78, 5) is 25.7. The highest BCUT2D eigenvalue weighted by Crippen LogP contribution is 2.28. The standard InChI is InChI=1S/C18H16Cl4N4O2/c19-14-3-1-12(9-16(14)21)23-18(28)24-5-7-25(8-6-24)26(11-27)13-2-4-15(20)17(22)10-13/h1-4,9-11H,5-8H2,(H,23,28). The van der Waals surface area contributed by atoms with E-state index >= 15 is 0 Å². The van der Waals surface area contributed by atoms with Gasteiger partial charge in [0.15, 0.2) is 0 Å². The lowest BCUT2D eigenvalue weighted by atomic mass is 10.3. The van der Waals surface area contributed by atoms with Crippen LogP contribution < -0.4 is 10.3 Å². The van der Waals surface area contributed by atoms with E-state index in [0.29, 0.717) is 64.1 Å². The summed E-state index contributed by atoms with van der Waals surface area (Å²) < 4.78 is 0. The Hall–Kier alpha value is -1.70. The van der Waals surface area contributed by atoms with Crippen LogP contribution in [0.4, 0.5) is 16.2 Å². The number of anilines is 2. The molecule has 3 amide bonds. The Morgan fingerprint density at radius 1 is 0.893 bits per heavy atom. The number of amides is 3. The normalized spacial score (nSPS) is 14.6. The van der Waals surface area contributed by atoms with Crippen molar-refractivity contribution in [2.45, 2.75) is 0 Å². The van der Waals surface area contributed by atoms with E-state index in [9.17, 15) is 9.59 Å². The summed E-state index contributed by atoms with van der Waals surface area (Å²) in [5.41, 5.74) is 1.17. The van der Waals surface area contributed by atoms with Gasteiger partial charge < -0.3 is 10.2 Å². The van der Waals surface area contributed by atoms with Gasteiger partial charge in [0.05, 0.1) is 25.8 Å². The first-order valence-electron chi connectivity index (χ1n) is 8.34. The number of hydrogen-bond acceptors (Lipinski definition) is 3. The van der Waals surface area contributed by atoms with Gasteiger partial charge in [0.25, 0.3) is 0 Å². The van der Waals surface area contributed by atoms with Gasteiger partial charge in [0.2, 0.25) is 6.41 Å². The number of nitrogens with zero attached hydrogens (tertiary/aromatic N) is 3. The summed E-state index contributed by atoms with van der Waals surface area (Å²) in [5.74, 6) is 0. The average Bonchev–Trinajstić information content (AvgIpc) is 2.68. The van der Waals surface area contributed by atoms with E-state index in [1.54, 1.807) is 41.3 Å². The summed E-state index contributed by atoms with van der Waals surface area (Å²) in [5, 5.41) is 7.68. The fraction of sp³-hybridized carbons (Fsp3) is 0.222.